The summed E-state index contributed by atoms with van der Waals surface area (Å²) in [7, 11) is 0. The zero-order valence-corrected chi connectivity index (χ0v) is 20.6. The topological polar surface area (TPSA) is 107 Å². The highest BCUT2D eigenvalue weighted by Crippen LogP contribution is 2.18. The first-order valence-corrected chi connectivity index (χ1v) is 12.1. The molecule has 1 fully saturated rings. The zero-order chi connectivity index (χ0) is 26.4. The van der Waals surface area contributed by atoms with E-state index in [0.717, 1.165) is 5.69 Å². The molecular formula is C29H29N3O5. The second kappa shape index (κ2) is 11.6. The van der Waals surface area contributed by atoms with Gasteiger partial charge in [-0.25, -0.2) is 0 Å². The van der Waals surface area contributed by atoms with Crippen molar-refractivity contribution in [3.8, 4) is 0 Å². The van der Waals surface area contributed by atoms with Crippen LogP contribution >= 0.6 is 0 Å². The number of hydrogen-bond acceptors (Lipinski definition) is 6. The molecule has 0 spiro atoms. The third-order valence-electron chi connectivity index (χ3n) is 6.44. The van der Waals surface area contributed by atoms with Gasteiger partial charge in [0.25, 0.3) is 5.91 Å². The van der Waals surface area contributed by atoms with Crippen LogP contribution in [0.1, 0.15) is 43.6 Å². The van der Waals surface area contributed by atoms with Crippen molar-refractivity contribution in [1.82, 2.24) is 10.2 Å². The predicted octanol–water partition coefficient (Wildman–Crippen LogP) is 2.56. The van der Waals surface area contributed by atoms with E-state index in [9.17, 15) is 24.3 Å². The number of piperazine rings is 1. The number of carbonyl (C=O) groups is 4. The van der Waals surface area contributed by atoms with Crippen molar-refractivity contribution in [3.05, 3.63) is 101 Å². The highest BCUT2D eigenvalue weighted by molar-refractivity contribution is 6.10. The fraction of sp³-hybridized carbons (Fsp3) is 0.241. The average molecular weight is 500 g/mol. The van der Waals surface area contributed by atoms with Crippen LogP contribution in [0, 0.1) is 0 Å². The predicted molar refractivity (Wildman–Crippen MR) is 140 cm³/mol. The van der Waals surface area contributed by atoms with Gasteiger partial charge in [-0.1, -0.05) is 42.5 Å². The number of nitrogens with one attached hydrogen (secondary N) is 1. The number of benzene rings is 3. The Labute approximate surface area is 215 Å². The van der Waals surface area contributed by atoms with Crippen LogP contribution < -0.4 is 10.2 Å². The van der Waals surface area contributed by atoms with Crippen LogP contribution in [0.3, 0.4) is 0 Å². The van der Waals surface area contributed by atoms with Crippen LogP contribution in [-0.2, 0) is 4.79 Å². The molecule has 4 rings (SSSR count). The molecule has 1 saturated heterocycles. The van der Waals surface area contributed by atoms with Crippen LogP contribution in [0.25, 0.3) is 0 Å². The van der Waals surface area contributed by atoms with Gasteiger partial charge in [0.15, 0.2) is 11.6 Å². The van der Waals surface area contributed by atoms with E-state index in [1.165, 1.54) is 13.0 Å². The fourth-order valence-corrected chi connectivity index (χ4v) is 4.30. The summed E-state index contributed by atoms with van der Waals surface area (Å²) in [4.78, 5) is 53.9. The molecule has 0 radical (unpaired) electrons. The number of hydrogen-bond donors (Lipinski definition) is 2. The fourth-order valence-electron chi connectivity index (χ4n) is 4.30. The summed E-state index contributed by atoms with van der Waals surface area (Å²) in [6.07, 6.45) is 0. The van der Waals surface area contributed by atoms with Gasteiger partial charge in [-0.3, -0.25) is 19.2 Å². The van der Waals surface area contributed by atoms with E-state index in [0.29, 0.717) is 42.9 Å². The first kappa shape index (κ1) is 25.8. The first-order valence-electron chi connectivity index (χ1n) is 12.1. The Hall–Kier alpha value is -4.30. The quantitative estimate of drug-likeness (QED) is 0.462. The van der Waals surface area contributed by atoms with E-state index in [1.807, 2.05) is 18.2 Å². The monoisotopic (exact) mass is 499 g/mol. The number of aliphatic hydroxyl groups is 1. The van der Waals surface area contributed by atoms with E-state index in [4.69, 9.17) is 0 Å². The molecule has 8 heteroatoms. The summed E-state index contributed by atoms with van der Waals surface area (Å²) in [6.45, 7) is 3.01. The van der Waals surface area contributed by atoms with Gasteiger partial charge in [-0.05, 0) is 43.3 Å². The second-order valence-electron chi connectivity index (χ2n) is 8.90. The molecule has 0 unspecified atom stereocenters. The number of amides is 2. The van der Waals surface area contributed by atoms with E-state index in [2.05, 4.69) is 10.2 Å². The molecule has 37 heavy (non-hydrogen) atoms. The molecule has 1 aliphatic heterocycles. The van der Waals surface area contributed by atoms with Crippen molar-refractivity contribution in [2.24, 2.45) is 0 Å². The number of rotatable bonds is 8. The lowest BCUT2D eigenvalue weighted by molar-refractivity contribution is -0.134. The zero-order valence-electron chi connectivity index (χ0n) is 20.6. The molecule has 0 bridgehead atoms. The SMILES string of the molecule is CC(=O)c1ccc(N2CCN(C(=O)[C@H](CO)NC(=O)c3cccc(C(=O)c4ccccc4)c3)CC2)cc1. The van der Waals surface area contributed by atoms with Crippen molar-refractivity contribution in [2.75, 3.05) is 37.7 Å². The lowest BCUT2D eigenvalue weighted by Crippen LogP contribution is -2.56. The van der Waals surface area contributed by atoms with Gasteiger partial charge in [0.2, 0.25) is 5.91 Å². The summed E-state index contributed by atoms with van der Waals surface area (Å²) in [5.74, 6) is -1.11. The minimum atomic E-state index is -1.10. The van der Waals surface area contributed by atoms with Crippen LogP contribution in [-0.4, -0.2) is 72.2 Å². The number of nitrogens with zero attached hydrogens (tertiary/aromatic N) is 2. The van der Waals surface area contributed by atoms with Crippen molar-refractivity contribution in [1.29, 1.82) is 0 Å². The molecule has 8 nitrogen and oxygen atoms in total. The van der Waals surface area contributed by atoms with Crippen LogP contribution in [0.5, 0.6) is 0 Å². The highest BCUT2D eigenvalue weighted by Gasteiger charge is 2.29. The van der Waals surface area contributed by atoms with E-state index in [1.54, 1.807) is 59.5 Å². The normalized spacial score (nSPS) is 14.1. The number of aliphatic hydroxyl groups excluding tert-OH is 1. The van der Waals surface area contributed by atoms with Crippen molar-refractivity contribution < 1.29 is 24.3 Å². The van der Waals surface area contributed by atoms with Crippen LogP contribution in [0.4, 0.5) is 5.69 Å². The Morgan fingerprint density at radius 1 is 0.784 bits per heavy atom. The van der Waals surface area contributed by atoms with Gasteiger partial charge < -0.3 is 20.2 Å². The minimum Gasteiger partial charge on any atom is -0.394 e. The van der Waals surface area contributed by atoms with Crippen molar-refractivity contribution in [3.63, 3.8) is 0 Å². The minimum absolute atomic E-state index is 0.00794. The average Bonchev–Trinajstić information content (AvgIpc) is 2.95. The Morgan fingerprint density at radius 3 is 2.03 bits per heavy atom. The van der Waals surface area contributed by atoms with Crippen molar-refractivity contribution in [2.45, 2.75) is 13.0 Å². The molecule has 0 aliphatic carbocycles. The Kier molecular flexibility index (Phi) is 8.10. The lowest BCUT2D eigenvalue weighted by Gasteiger charge is -2.37. The Bertz CT molecular complexity index is 1280. The van der Waals surface area contributed by atoms with Crippen molar-refractivity contribution >= 4 is 29.1 Å². The second-order valence-corrected chi connectivity index (χ2v) is 8.90. The Morgan fingerprint density at radius 2 is 1.41 bits per heavy atom. The van der Waals surface area contributed by atoms with E-state index < -0.39 is 18.6 Å². The molecule has 3 aromatic carbocycles. The maximum atomic E-state index is 13.1. The number of anilines is 1. The summed E-state index contributed by atoms with van der Waals surface area (Å²) in [5.41, 5.74) is 2.71. The molecule has 1 heterocycles. The molecule has 1 atom stereocenters. The van der Waals surface area contributed by atoms with Gasteiger partial charge in [0.05, 0.1) is 6.61 Å². The standard InChI is InChI=1S/C29H29N3O5/c1-20(34)21-10-12-25(13-11-21)31-14-16-32(17-15-31)29(37)26(19-33)30-28(36)24-9-5-8-23(18-24)27(35)22-6-3-2-4-7-22/h2-13,18,26,33H,14-17,19H2,1H3,(H,30,36)/t26-/m0/s1. The van der Waals surface area contributed by atoms with Crippen LogP contribution in [0.15, 0.2) is 78.9 Å². The number of carbonyl (C=O) groups excluding carboxylic acids is 4. The van der Waals surface area contributed by atoms with E-state index >= 15 is 0 Å². The summed E-state index contributed by atoms with van der Waals surface area (Å²) in [6, 6.07) is 21.3. The largest absolute Gasteiger partial charge is 0.394 e. The number of Topliss-reactive ketones (excluding diaryl/α,β-unsaturated/α-hetero) is 1. The molecular weight excluding hydrogens is 470 g/mol. The molecule has 1 aliphatic rings. The third kappa shape index (κ3) is 6.10. The molecule has 2 N–H and O–H groups in total. The van der Waals surface area contributed by atoms with E-state index in [-0.39, 0.29) is 23.0 Å². The summed E-state index contributed by atoms with van der Waals surface area (Å²) >= 11 is 0. The lowest BCUT2D eigenvalue weighted by atomic mass is 10.0. The number of ketones is 2. The summed E-state index contributed by atoms with van der Waals surface area (Å²) < 4.78 is 0. The molecule has 190 valence electrons. The molecule has 0 saturated carbocycles. The summed E-state index contributed by atoms with van der Waals surface area (Å²) in [5, 5.41) is 12.5. The molecule has 0 aromatic heterocycles. The van der Waals surface area contributed by atoms with Gasteiger partial charge in [0.1, 0.15) is 6.04 Å². The maximum Gasteiger partial charge on any atom is 0.252 e. The Balaban J connectivity index is 1.36. The van der Waals surface area contributed by atoms with Gasteiger partial charge >= 0.3 is 0 Å². The van der Waals surface area contributed by atoms with Gasteiger partial charge in [-0.2, -0.15) is 0 Å². The molecule has 3 aromatic rings. The van der Waals surface area contributed by atoms with Gasteiger partial charge in [0, 0.05) is 54.1 Å². The maximum absolute atomic E-state index is 13.1. The smallest absolute Gasteiger partial charge is 0.252 e. The first-order chi connectivity index (χ1) is 17.9. The highest BCUT2D eigenvalue weighted by atomic mass is 16.3. The van der Waals surface area contributed by atoms with Gasteiger partial charge in [-0.15, -0.1) is 0 Å². The van der Waals surface area contributed by atoms with Crippen LogP contribution in [0.2, 0.25) is 0 Å². The molecule has 2 amide bonds. The third-order valence-corrected chi connectivity index (χ3v) is 6.44.